The molecule has 24 heavy (non-hydrogen) atoms. The highest BCUT2D eigenvalue weighted by molar-refractivity contribution is 8.20. The summed E-state index contributed by atoms with van der Waals surface area (Å²) >= 11 is 0. The van der Waals surface area contributed by atoms with Gasteiger partial charge in [0.15, 0.2) is 0 Å². The van der Waals surface area contributed by atoms with E-state index in [1.165, 1.54) is 0 Å². The van der Waals surface area contributed by atoms with Gasteiger partial charge < -0.3 is 0 Å². The molecule has 0 aromatic heterocycles. The van der Waals surface area contributed by atoms with Gasteiger partial charge in [-0.05, 0) is 61.9 Å². The zero-order chi connectivity index (χ0) is 18.9. The van der Waals surface area contributed by atoms with Crippen molar-refractivity contribution in [2.24, 2.45) is 0 Å². The van der Waals surface area contributed by atoms with Crippen LogP contribution >= 0.6 is 14.4 Å². The van der Waals surface area contributed by atoms with E-state index < -0.39 is 14.4 Å². The highest BCUT2D eigenvalue weighted by Crippen LogP contribution is 2.76. The smallest absolute Gasteiger partial charge is 0.148 e. The quantitative estimate of drug-likeness (QED) is 0.541. The molecule has 0 saturated heterocycles. The van der Waals surface area contributed by atoms with Gasteiger partial charge in [-0.3, -0.25) is 18.7 Å². The molecule has 0 N–H and O–H groups in total. The molecule has 0 fully saturated rings. The monoisotopic (exact) mass is 365 g/mol. The van der Waals surface area contributed by atoms with Crippen molar-refractivity contribution in [1.82, 2.24) is 18.7 Å². The summed E-state index contributed by atoms with van der Waals surface area (Å²) in [5.41, 5.74) is 2.47. The predicted molar refractivity (Wildman–Crippen MR) is 104 cm³/mol. The third kappa shape index (κ3) is 2.67. The topological polar surface area (TPSA) is 84.3 Å². The Morgan fingerprint density at radius 2 is 1.17 bits per heavy atom. The summed E-state index contributed by atoms with van der Waals surface area (Å²) in [6, 6.07) is 5.97. The minimum atomic E-state index is -2.06. The average Bonchev–Trinajstić information content (AvgIpc) is 2.45. The van der Waals surface area contributed by atoms with Crippen molar-refractivity contribution in [2.75, 3.05) is 56.4 Å². The van der Waals surface area contributed by atoms with Gasteiger partial charge in [0.2, 0.25) is 0 Å². The molecule has 130 valence electrons. The van der Waals surface area contributed by atoms with Crippen LogP contribution in [0.3, 0.4) is 0 Å². The van der Waals surface area contributed by atoms with Crippen LogP contribution in [-0.2, 0) is 0 Å². The third-order valence-corrected chi connectivity index (χ3v) is 15.1. The van der Waals surface area contributed by atoms with Gasteiger partial charge in [-0.1, -0.05) is 0 Å². The van der Waals surface area contributed by atoms with E-state index in [9.17, 15) is 15.8 Å². The Balaban J connectivity index is 4.12. The standard InChI is InChI=1S/C15H25N7P2/c1-19(2)23(20(3)4)12-24(21(5)6,22(7)8)15(23)14(11-18)13(9-16)10-17/h12H,1-8H3. The molecule has 0 atom stereocenters. The molecule has 0 spiro atoms. The molecule has 9 heteroatoms. The summed E-state index contributed by atoms with van der Waals surface area (Å²) < 4.78 is 8.49. The first kappa shape index (κ1) is 20.7. The summed E-state index contributed by atoms with van der Waals surface area (Å²) in [6.45, 7) is 0. The van der Waals surface area contributed by atoms with Crippen molar-refractivity contribution in [2.45, 2.75) is 0 Å². The van der Waals surface area contributed by atoms with Gasteiger partial charge >= 0.3 is 0 Å². The van der Waals surface area contributed by atoms with Crippen LogP contribution in [0.15, 0.2) is 11.1 Å². The fourth-order valence-corrected chi connectivity index (χ4v) is 16.4. The largest absolute Gasteiger partial charge is 0.274 e. The van der Waals surface area contributed by atoms with Crippen LogP contribution in [0, 0.1) is 34.0 Å². The van der Waals surface area contributed by atoms with E-state index in [1.54, 1.807) is 0 Å². The molecular weight excluding hydrogens is 340 g/mol. The Kier molecular flexibility index (Phi) is 6.26. The van der Waals surface area contributed by atoms with Crippen molar-refractivity contribution in [3.8, 4) is 18.2 Å². The first-order valence-corrected chi connectivity index (χ1v) is 10.8. The molecule has 0 saturated carbocycles. The summed E-state index contributed by atoms with van der Waals surface area (Å²) in [5, 5.41) is 29.4. The average molecular weight is 365 g/mol. The number of rotatable bonds is 5. The second-order valence-corrected chi connectivity index (χ2v) is 14.2. The summed E-state index contributed by atoms with van der Waals surface area (Å²) in [4.78, 5) is 0. The van der Waals surface area contributed by atoms with E-state index in [0.717, 1.165) is 5.03 Å². The SMILES string of the molecule is CN(C)P1(N(C)C)=CP(N(C)C)(N(C)C)=C1C(C#N)=C(C#N)C#N. The Bertz CT molecular complexity index is 755. The minimum Gasteiger partial charge on any atom is -0.274 e. The van der Waals surface area contributed by atoms with Gasteiger partial charge in [-0.15, -0.1) is 0 Å². The third-order valence-electron chi connectivity index (χ3n) is 4.19. The van der Waals surface area contributed by atoms with Crippen LogP contribution in [-0.4, -0.2) is 85.6 Å². The maximum atomic E-state index is 9.80. The Labute approximate surface area is 145 Å². The molecule has 0 unspecified atom stereocenters. The zero-order valence-electron chi connectivity index (χ0n) is 15.6. The Hall–Kier alpha value is -1.35. The molecule has 1 heterocycles. The van der Waals surface area contributed by atoms with Crippen molar-refractivity contribution >= 4 is 24.9 Å². The molecule has 0 amide bonds. The van der Waals surface area contributed by atoms with E-state index in [0.29, 0.717) is 0 Å². The van der Waals surface area contributed by atoms with Gasteiger partial charge in [-0.25, -0.2) is 0 Å². The van der Waals surface area contributed by atoms with E-state index in [1.807, 2.05) is 68.5 Å². The lowest BCUT2D eigenvalue weighted by molar-refractivity contribution is 0.570. The minimum absolute atomic E-state index is 0.109. The first-order chi connectivity index (χ1) is 11.1. The lowest BCUT2D eigenvalue weighted by Crippen LogP contribution is -2.41. The van der Waals surface area contributed by atoms with Gasteiger partial charge in [0.25, 0.3) is 0 Å². The van der Waals surface area contributed by atoms with Crippen LogP contribution in [0.5, 0.6) is 0 Å². The number of nitrogens with zero attached hydrogens (tertiary/aromatic N) is 7. The van der Waals surface area contributed by atoms with Crippen molar-refractivity contribution in [3.05, 3.63) is 11.1 Å². The molecule has 1 rings (SSSR count). The fraction of sp³-hybridized carbons (Fsp3) is 0.533. The summed E-state index contributed by atoms with van der Waals surface area (Å²) in [5.74, 6) is 0. The van der Waals surface area contributed by atoms with E-state index in [2.05, 4.69) is 30.3 Å². The van der Waals surface area contributed by atoms with Crippen molar-refractivity contribution in [1.29, 1.82) is 15.8 Å². The maximum absolute atomic E-state index is 9.80. The molecule has 1 aliphatic heterocycles. The number of allylic oxidation sites excluding steroid dienone is 2. The molecule has 0 aliphatic carbocycles. The molecule has 0 aromatic carbocycles. The van der Waals surface area contributed by atoms with Crippen molar-refractivity contribution in [3.63, 3.8) is 0 Å². The molecule has 0 aromatic rings. The Morgan fingerprint density at radius 1 is 0.750 bits per heavy atom. The second kappa shape index (κ2) is 7.26. The van der Waals surface area contributed by atoms with Gasteiger partial charge in [-0.2, -0.15) is 15.8 Å². The molecule has 7 nitrogen and oxygen atoms in total. The number of hydrogen-bond acceptors (Lipinski definition) is 7. The van der Waals surface area contributed by atoms with Gasteiger partial charge in [0.05, 0.1) is 25.0 Å². The molecular formula is C15H25N7P2. The summed E-state index contributed by atoms with van der Waals surface area (Å²) in [6.07, 6.45) is 0. The molecule has 1 aliphatic rings. The molecule has 0 bridgehead atoms. The highest BCUT2D eigenvalue weighted by atomic mass is 31.2. The second-order valence-electron chi connectivity index (χ2n) is 6.21. The zero-order valence-corrected chi connectivity index (χ0v) is 17.4. The normalized spacial score (nSPS) is 17.8. The predicted octanol–water partition coefficient (Wildman–Crippen LogP) is 1.70. The van der Waals surface area contributed by atoms with E-state index >= 15 is 0 Å². The van der Waals surface area contributed by atoms with Crippen LogP contribution in [0.2, 0.25) is 0 Å². The maximum Gasteiger partial charge on any atom is 0.148 e. The van der Waals surface area contributed by atoms with Crippen LogP contribution in [0.4, 0.5) is 0 Å². The fourth-order valence-electron chi connectivity index (χ4n) is 3.06. The Morgan fingerprint density at radius 3 is 1.42 bits per heavy atom. The van der Waals surface area contributed by atoms with Gasteiger partial charge in [0, 0.05) is 0 Å². The van der Waals surface area contributed by atoms with Crippen molar-refractivity contribution < 1.29 is 0 Å². The summed E-state index contributed by atoms with van der Waals surface area (Å²) in [7, 11) is 11.7. The van der Waals surface area contributed by atoms with Crippen LogP contribution in [0.25, 0.3) is 0 Å². The van der Waals surface area contributed by atoms with Crippen LogP contribution < -0.4 is 0 Å². The number of hydrogen-bond donors (Lipinski definition) is 0. The first-order valence-electron chi connectivity index (χ1n) is 7.26. The molecule has 0 radical (unpaired) electrons. The van der Waals surface area contributed by atoms with Crippen LogP contribution in [0.1, 0.15) is 0 Å². The van der Waals surface area contributed by atoms with E-state index in [-0.39, 0.29) is 11.1 Å². The van der Waals surface area contributed by atoms with E-state index in [4.69, 9.17) is 0 Å². The number of nitriles is 3. The highest BCUT2D eigenvalue weighted by Gasteiger charge is 2.49. The lowest BCUT2D eigenvalue weighted by Gasteiger charge is -2.55. The lowest BCUT2D eigenvalue weighted by atomic mass is 10.2. The van der Waals surface area contributed by atoms with Gasteiger partial charge in [0.1, 0.15) is 23.8 Å².